The number of hydrogen-bond acceptors (Lipinski definition) is 3. The van der Waals surface area contributed by atoms with Crippen LogP contribution in [0.5, 0.6) is 0 Å². The molecule has 126 valence electrons. The molecule has 1 unspecified atom stereocenters. The molecule has 3 rings (SSSR count). The number of alkyl halides is 2. The van der Waals surface area contributed by atoms with Crippen molar-refractivity contribution in [3.63, 3.8) is 0 Å². The molecule has 0 bridgehead atoms. The summed E-state index contributed by atoms with van der Waals surface area (Å²) >= 11 is 0. The van der Waals surface area contributed by atoms with Crippen molar-refractivity contribution in [2.24, 2.45) is 5.92 Å². The Balaban J connectivity index is 1.64. The normalized spacial score (nSPS) is 25.3. The van der Waals surface area contributed by atoms with Gasteiger partial charge in [-0.3, -0.25) is 4.79 Å². The van der Waals surface area contributed by atoms with Crippen LogP contribution in [0.3, 0.4) is 0 Å². The largest absolute Gasteiger partial charge is 0.345 e. The van der Waals surface area contributed by atoms with E-state index in [4.69, 9.17) is 0 Å². The van der Waals surface area contributed by atoms with E-state index in [0.29, 0.717) is 13.1 Å². The van der Waals surface area contributed by atoms with Gasteiger partial charge in [-0.15, -0.1) is 0 Å². The summed E-state index contributed by atoms with van der Waals surface area (Å²) in [6.45, 7) is 1.20. The number of carbonyl (C=O) groups excluding carboxylic acids is 1. The number of amides is 1. The summed E-state index contributed by atoms with van der Waals surface area (Å²) in [4.78, 5) is 32.1. The van der Waals surface area contributed by atoms with Gasteiger partial charge in [-0.1, -0.05) is 0 Å². The van der Waals surface area contributed by atoms with E-state index in [0.717, 1.165) is 18.5 Å². The minimum absolute atomic E-state index is 0.0124. The number of aromatic amines is 1. The molecule has 1 N–H and O–H groups in total. The zero-order chi connectivity index (χ0) is 16.4. The molecule has 2 fully saturated rings. The Hall–Kier alpha value is -1.79. The molecule has 2 heterocycles. The molecule has 1 saturated heterocycles. The average Bonchev–Trinajstić information content (AvgIpc) is 2.54. The number of piperidine rings is 1. The maximum absolute atomic E-state index is 13.2. The summed E-state index contributed by atoms with van der Waals surface area (Å²) in [7, 11) is 0. The first-order valence-corrected chi connectivity index (χ1v) is 8.16. The van der Waals surface area contributed by atoms with Crippen LogP contribution in [0.4, 0.5) is 8.78 Å². The van der Waals surface area contributed by atoms with E-state index in [1.807, 2.05) is 0 Å². The van der Waals surface area contributed by atoms with E-state index in [2.05, 4.69) is 9.97 Å². The predicted octanol–water partition coefficient (Wildman–Crippen LogP) is 2.30. The van der Waals surface area contributed by atoms with Crippen LogP contribution in [-0.2, 0) is 4.79 Å². The predicted molar refractivity (Wildman–Crippen MR) is 80.3 cm³/mol. The van der Waals surface area contributed by atoms with Gasteiger partial charge in [0.25, 0.3) is 0 Å². The van der Waals surface area contributed by atoms with Crippen molar-refractivity contribution in [2.45, 2.75) is 50.4 Å². The molecule has 2 aliphatic rings. The minimum atomic E-state index is -2.61. The van der Waals surface area contributed by atoms with Crippen LogP contribution in [0.25, 0.3) is 0 Å². The van der Waals surface area contributed by atoms with Crippen LogP contribution in [0.2, 0.25) is 0 Å². The number of hydrogen-bond donors (Lipinski definition) is 1. The number of H-pyrrole nitrogens is 1. The van der Waals surface area contributed by atoms with Gasteiger partial charge in [-0.25, -0.2) is 18.6 Å². The number of aromatic nitrogens is 2. The van der Waals surface area contributed by atoms with Gasteiger partial charge >= 0.3 is 5.69 Å². The fourth-order valence-corrected chi connectivity index (χ4v) is 3.60. The molecular formula is C16H21F2N3O2. The first-order valence-electron chi connectivity index (χ1n) is 8.16. The first kappa shape index (κ1) is 16.1. The Bertz CT molecular complexity index is 622. The van der Waals surface area contributed by atoms with Crippen molar-refractivity contribution >= 4 is 5.91 Å². The summed E-state index contributed by atoms with van der Waals surface area (Å²) in [6, 6.07) is 1.77. The third-order valence-electron chi connectivity index (χ3n) is 4.94. The number of carbonyl (C=O) groups is 1. The number of likely N-dealkylation sites (tertiary alicyclic amines) is 1. The Morgan fingerprint density at radius 1 is 1.30 bits per heavy atom. The summed E-state index contributed by atoms with van der Waals surface area (Å²) in [5.74, 6) is -2.84. The van der Waals surface area contributed by atoms with Gasteiger partial charge in [0.1, 0.15) is 0 Å². The molecule has 23 heavy (non-hydrogen) atoms. The molecule has 1 aromatic rings. The molecule has 0 aromatic carbocycles. The third kappa shape index (κ3) is 3.76. The molecule has 1 aliphatic carbocycles. The Morgan fingerprint density at radius 3 is 2.74 bits per heavy atom. The molecule has 7 heteroatoms. The fourth-order valence-electron chi connectivity index (χ4n) is 3.60. The fraction of sp³-hybridized carbons (Fsp3) is 0.688. The summed E-state index contributed by atoms with van der Waals surface area (Å²) < 4.78 is 26.5. The van der Waals surface area contributed by atoms with Crippen LogP contribution in [0, 0.1) is 5.92 Å². The highest BCUT2D eigenvalue weighted by Crippen LogP contribution is 2.37. The summed E-state index contributed by atoms with van der Waals surface area (Å²) in [5.41, 5.74) is 0.401. The molecule has 5 nitrogen and oxygen atoms in total. The summed E-state index contributed by atoms with van der Waals surface area (Å²) in [5, 5.41) is 0. The number of halogens is 2. The lowest BCUT2D eigenvalue weighted by Crippen LogP contribution is -2.44. The minimum Gasteiger partial charge on any atom is -0.342 e. The van der Waals surface area contributed by atoms with Gasteiger partial charge in [0.15, 0.2) is 0 Å². The van der Waals surface area contributed by atoms with E-state index >= 15 is 0 Å². The highest BCUT2D eigenvalue weighted by atomic mass is 19.3. The molecule has 0 radical (unpaired) electrons. The molecule has 0 spiro atoms. The second-order valence-electron chi connectivity index (χ2n) is 6.58. The molecule has 1 aliphatic heterocycles. The van der Waals surface area contributed by atoms with Crippen LogP contribution < -0.4 is 5.69 Å². The molecular weight excluding hydrogens is 304 g/mol. The average molecular weight is 325 g/mol. The smallest absolute Gasteiger partial charge is 0.342 e. The lowest BCUT2D eigenvalue weighted by atomic mass is 9.85. The third-order valence-corrected chi connectivity index (χ3v) is 4.94. The maximum atomic E-state index is 13.2. The highest BCUT2D eigenvalue weighted by molar-refractivity contribution is 5.79. The zero-order valence-corrected chi connectivity index (χ0v) is 12.9. The van der Waals surface area contributed by atoms with E-state index in [1.165, 1.54) is 6.20 Å². The van der Waals surface area contributed by atoms with Crippen LogP contribution in [-0.4, -0.2) is 39.8 Å². The van der Waals surface area contributed by atoms with Crippen LogP contribution in [0.1, 0.15) is 50.1 Å². The maximum Gasteiger partial charge on any atom is 0.345 e. The van der Waals surface area contributed by atoms with E-state index in [1.54, 1.807) is 11.0 Å². The van der Waals surface area contributed by atoms with Crippen molar-refractivity contribution < 1.29 is 13.6 Å². The van der Waals surface area contributed by atoms with Gasteiger partial charge in [-0.2, -0.15) is 0 Å². The van der Waals surface area contributed by atoms with E-state index in [9.17, 15) is 18.4 Å². The quantitative estimate of drug-likeness (QED) is 0.907. The van der Waals surface area contributed by atoms with Crippen LogP contribution in [0.15, 0.2) is 17.1 Å². The van der Waals surface area contributed by atoms with Crippen molar-refractivity contribution in [3.8, 4) is 0 Å². The Morgan fingerprint density at radius 2 is 2.04 bits per heavy atom. The molecule has 1 aromatic heterocycles. The Labute approximate surface area is 133 Å². The lowest BCUT2D eigenvalue weighted by Gasteiger charge is -2.36. The zero-order valence-electron chi connectivity index (χ0n) is 12.9. The number of rotatable bonds is 2. The van der Waals surface area contributed by atoms with Crippen LogP contribution >= 0.6 is 0 Å². The van der Waals surface area contributed by atoms with Gasteiger partial charge in [0.2, 0.25) is 11.8 Å². The van der Waals surface area contributed by atoms with Crippen molar-refractivity contribution in [1.29, 1.82) is 0 Å². The van der Waals surface area contributed by atoms with Crippen molar-refractivity contribution in [2.75, 3.05) is 13.1 Å². The lowest BCUT2D eigenvalue weighted by molar-refractivity contribution is -0.140. The first-order chi connectivity index (χ1) is 10.9. The second kappa shape index (κ2) is 6.37. The van der Waals surface area contributed by atoms with Gasteiger partial charge in [-0.05, 0) is 31.7 Å². The molecule has 1 amide bonds. The summed E-state index contributed by atoms with van der Waals surface area (Å²) in [6.07, 6.45) is 3.35. The monoisotopic (exact) mass is 325 g/mol. The second-order valence-corrected chi connectivity index (χ2v) is 6.58. The van der Waals surface area contributed by atoms with E-state index in [-0.39, 0.29) is 49.1 Å². The standard InChI is InChI=1S/C16H21F2N3O2/c17-16(18)6-3-11(4-7-16)14(22)21-9-1-2-12(10-21)13-5-8-19-15(23)20-13/h5,8,11-12H,1-4,6-7,9-10H2,(H,19,20,23). The number of nitrogens with one attached hydrogen (secondary N) is 1. The van der Waals surface area contributed by atoms with E-state index < -0.39 is 5.92 Å². The number of nitrogens with zero attached hydrogens (tertiary/aromatic N) is 2. The van der Waals surface area contributed by atoms with Gasteiger partial charge < -0.3 is 9.88 Å². The van der Waals surface area contributed by atoms with Crippen molar-refractivity contribution in [3.05, 3.63) is 28.4 Å². The topological polar surface area (TPSA) is 66.1 Å². The Kier molecular flexibility index (Phi) is 4.46. The highest BCUT2D eigenvalue weighted by Gasteiger charge is 2.39. The molecule has 1 saturated carbocycles. The van der Waals surface area contributed by atoms with Gasteiger partial charge in [0, 0.05) is 49.7 Å². The van der Waals surface area contributed by atoms with Gasteiger partial charge in [0.05, 0.1) is 0 Å². The molecule has 1 atom stereocenters. The SMILES string of the molecule is O=C(C1CCC(F)(F)CC1)N1CCCC(c2ccnc(=O)[nH]2)C1. The van der Waals surface area contributed by atoms with Crippen molar-refractivity contribution in [1.82, 2.24) is 14.9 Å².